The highest BCUT2D eigenvalue weighted by Crippen LogP contribution is 2.24. The summed E-state index contributed by atoms with van der Waals surface area (Å²) in [4.78, 5) is 14.2. The maximum Gasteiger partial charge on any atom is 0.233 e. The molecule has 142 valence electrons. The molecule has 3 aromatic rings. The molecule has 3 rings (SSSR count). The molecule has 1 aromatic carbocycles. The van der Waals surface area contributed by atoms with Crippen LogP contribution in [0.1, 0.15) is 12.5 Å². The Labute approximate surface area is 162 Å². The van der Waals surface area contributed by atoms with E-state index in [-0.39, 0.29) is 5.91 Å². The first-order valence-corrected chi connectivity index (χ1v) is 9.57. The minimum atomic E-state index is 0.0287. The van der Waals surface area contributed by atoms with E-state index in [0.29, 0.717) is 35.6 Å². The van der Waals surface area contributed by atoms with E-state index in [0.717, 1.165) is 11.3 Å². The van der Waals surface area contributed by atoms with E-state index in [1.165, 1.54) is 11.8 Å². The quantitative estimate of drug-likeness (QED) is 0.553. The van der Waals surface area contributed by atoms with Crippen molar-refractivity contribution in [1.29, 1.82) is 0 Å². The molecule has 0 aliphatic heterocycles. The van der Waals surface area contributed by atoms with Crippen molar-refractivity contribution in [2.45, 2.75) is 25.2 Å². The maximum atomic E-state index is 12.5. The van der Waals surface area contributed by atoms with Crippen molar-refractivity contribution >= 4 is 17.7 Å². The molecule has 27 heavy (non-hydrogen) atoms. The van der Waals surface area contributed by atoms with Gasteiger partial charge in [0.15, 0.2) is 16.7 Å². The van der Waals surface area contributed by atoms with Crippen LogP contribution in [0.5, 0.6) is 5.75 Å². The number of rotatable bonds is 8. The third-order valence-corrected chi connectivity index (χ3v) is 5.06. The van der Waals surface area contributed by atoms with E-state index in [9.17, 15) is 4.79 Å². The van der Waals surface area contributed by atoms with E-state index in [4.69, 9.17) is 9.15 Å². The Morgan fingerprint density at radius 2 is 2.04 bits per heavy atom. The minimum Gasteiger partial charge on any atom is -0.497 e. The summed E-state index contributed by atoms with van der Waals surface area (Å²) >= 11 is 1.38. The Balaban J connectivity index is 1.60. The molecule has 0 atom stereocenters. The number of carbonyl (C=O) groups excluding carboxylic acids is 1. The Bertz CT molecular complexity index is 875. The number of benzene rings is 1. The lowest BCUT2D eigenvalue weighted by Gasteiger charge is -2.17. The highest BCUT2D eigenvalue weighted by atomic mass is 32.2. The van der Waals surface area contributed by atoms with E-state index in [1.54, 1.807) is 25.3 Å². The fourth-order valence-corrected chi connectivity index (χ4v) is 3.54. The van der Waals surface area contributed by atoms with Gasteiger partial charge in [-0.05, 0) is 36.8 Å². The van der Waals surface area contributed by atoms with Gasteiger partial charge >= 0.3 is 0 Å². The van der Waals surface area contributed by atoms with E-state index < -0.39 is 0 Å². The Morgan fingerprint density at radius 3 is 2.67 bits per heavy atom. The SMILES string of the molecule is CCn1c(SCC(=O)N(C)Cc2ccc(OC)cc2)nnc1-c1ccco1. The van der Waals surface area contributed by atoms with Crippen LogP contribution in [0.25, 0.3) is 11.6 Å². The third kappa shape index (κ3) is 4.51. The molecule has 8 heteroatoms. The molecule has 0 fully saturated rings. The number of furan rings is 1. The number of carbonyl (C=O) groups is 1. The predicted molar refractivity (Wildman–Crippen MR) is 104 cm³/mol. The van der Waals surface area contributed by atoms with Crippen LogP contribution in [0.15, 0.2) is 52.2 Å². The molecule has 0 radical (unpaired) electrons. The Kier molecular flexibility index (Phi) is 6.18. The molecular formula is C19H22N4O3S. The summed E-state index contributed by atoms with van der Waals surface area (Å²) in [5, 5.41) is 9.11. The maximum absolute atomic E-state index is 12.5. The second-order valence-corrected chi connectivity index (χ2v) is 6.86. The first-order valence-electron chi connectivity index (χ1n) is 8.59. The van der Waals surface area contributed by atoms with Crippen molar-refractivity contribution in [3.05, 3.63) is 48.2 Å². The Hall–Kier alpha value is -2.74. The van der Waals surface area contributed by atoms with Crippen LogP contribution in [0.4, 0.5) is 0 Å². The van der Waals surface area contributed by atoms with Gasteiger partial charge in [-0.25, -0.2) is 0 Å². The lowest BCUT2D eigenvalue weighted by Crippen LogP contribution is -2.27. The summed E-state index contributed by atoms with van der Waals surface area (Å²) in [6, 6.07) is 11.4. The van der Waals surface area contributed by atoms with Crippen LogP contribution in [0.3, 0.4) is 0 Å². The number of hydrogen-bond acceptors (Lipinski definition) is 6. The van der Waals surface area contributed by atoms with Crippen LogP contribution in [0, 0.1) is 0 Å². The van der Waals surface area contributed by atoms with Gasteiger partial charge in [0.1, 0.15) is 5.75 Å². The molecule has 7 nitrogen and oxygen atoms in total. The number of aromatic nitrogens is 3. The molecule has 0 bridgehead atoms. The van der Waals surface area contributed by atoms with Gasteiger partial charge in [-0.2, -0.15) is 0 Å². The van der Waals surface area contributed by atoms with Crippen LogP contribution in [-0.4, -0.2) is 45.5 Å². The molecule has 1 amide bonds. The highest BCUT2D eigenvalue weighted by molar-refractivity contribution is 7.99. The van der Waals surface area contributed by atoms with Crippen LogP contribution in [-0.2, 0) is 17.9 Å². The molecule has 0 aliphatic carbocycles. The average Bonchev–Trinajstić information content (AvgIpc) is 3.35. The lowest BCUT2D eigenvalue weighted by molar-refractivity contribution is -0.127. The molecule has 0 spiro atoms. The minimum absolute atomic E-state index is 0.0287. The van der Waals surface area contributed by atoms with Crippen LogP contribution >= 0.6 is 11.8 Å². The molecule has 0 unspecified atom stereocenters. The molecule has 0 saturated carbocycles. The third-order valence-electron chi connectivity index (χ3n) is 4.10. The van der Waals surface area contributed by atoms with Crippen molar-refractivity contribution in [3.8, 4) is 17.3 Å². The predicted octanol–water partition coefficient (Wildman–Crippen LogP) is 3.32. The summed E-state index contributed by atoms with van der Waals surface area (Å²) in [5.41, 5.74) is 1.05. The average molecular weight is 386 g/mol. The number of ether oxygens (including phenoxy) is 1. The van der Waals surface area contributed by atoms with Crippen molar-refractivity contribution < 1.29 is 13.9 Å². The van der Waals surface area contributed by atoms with E-state index in [1.807, 2.05) is 47.9 Å². The summed E-state index contributed by atoms with van der Waals surface area (Å²) < 4.78 is 12.5. The van der Waals surface area contributed by atoms with Crippen molar-refractivity contribution in [2.75, 3.05) is 19.9 Å². The zero-order valence-corrected chi connectivity index (χ0v) is 16.4. The smallest absolute Gasteiger partial charge is 0.233 e. The number of amides is 1. The number of thioether (sulfide) groups is 1. The van der Waals surface area contributed by atoms with Gasteiger partial charge in [0, 0.05) is 20.1 Å². The van der Waals surface area contributed by atoms with Crippen molar-refractivity contribution in [2.24, 2.45) is 0 Å². The van der Waals surface area contributed by atoms with Gasteiger partial charge < -0.3 is 14.1 Å². The second kappa shape index (κ2) is 8.77. The number of nitrogens with zero attached hydrogens (tertiary/aromatic N) is 4. The van der Waals surface area contributed by atoms with Crippen molar-refractivity contribution in [1.82, 2.24) is 19.7 Å². The lowest BCUT2D eigenvalue weighted by atomic mass is 10.2. The van der Waals surface area contributed by atoms with Gasteiger partial charge in [0.2, 0.25) is 5.91 Å². The van der Waals surface area contributed by atoms with Gasteiger partial charge in [-0.3, -0.25) is 9.36 Å². The topological polar surface area (TPSA) is 73.4 Å². The fourth-order valence-electron chi connectivity index (χ4n) is 2.60. The zero-order valence-electron chi connectivity index (χ0n) is 15.6. The fraction of sp³-hybridized carbons (Fsp3) is 0.316. The van der Waals surface area contributed by atoms with E-state index >= 15 is 0 Å². The first kappa shape index (κ1) is 19.0. The summed E-state index contributed by atoms with van der Waals surface area (Å²) in [7, 11) is 3.43. The standard InChI is InChI=1S/C19H22N4O3S/c1-4-23-18(16-6-5-11-26-16)20-21-19(23)27-13-17(24)22(2)12-14-7-9-15(25-3)10-8-14/h5-11H,4,12-13H2,1-3H3. The molecule has 2 heterocycles. The number of hydrogen-bond donors (Lipinski definition) is 0. The Morgan fingerprint density at radius 1 is 1.26 bits per heavy atom. The monoisotopic (exact) mass is 386 g/mol. The second-order valence-electron chi connectivity index (χ2n) is 5.91. The first-order chi connectivity index (χ1) is 13.1. The summed E-state index contributed by atoms with van der Waals surface area (Å²) in [6.45, 7) is 3.25. The van der Waals surface area contributed by atoms with Crippen LogP contribution in [0.2, 0.25) is 0 Å². The normalized spacial score (nSPS) is 10.8. The highest BCUT2D eigenvalue weighted by Gasteiger charge is 2.17. The zero-order chi connectivity index (χ0) is 19.2. The molecular weight excluding hydrogens is 364 g/mol. The number of methoxy groups -OCH3 is 1. The van der Waals surface area contributed by atoms with Crippen molar-refractivity contribution in [3.63, 3.8) is 0 Å². The van der Waals surface area contributed by atoms with Crippen LogP contribution < -0.4 is 4.74 Å². The molecule has 0 aliphatic rings. The van der Waals surface area contributed by atoms with Gasteiger partial charge in [-0.1, -0.05) is 23.9 Å². The molecule has 0 saturated heterocycles. The van der Waals surface area contributed by atoms with E-state index in [2.05, 4.69) is 10.2 Å². The van der Waals surface area contributed by atoms with Gasteiger partial charge in [0.05, 0.1) is 19.1 Å². The summed E-state index contributed by atoms with van der Waals surface area (Å²) in [5.74, 6) is 2.46. The molecule has 2 aromatic heterocycles. The van der Waals surface area contributed by atoms with Gasteiger partial charge in [0.25, 0.3) is 0 Å². The molecule has 0 N–H and O–H groups in total. The van der Waals surface area contributed by atoms with Gasteiger partial charge in [-0.15, -0.1) is 10.2 Å². The summed E-state index contributed by atoms with van der Waals surface area (Å²) in [6.07, 6.45) is 1.61. The largest absolute Gasteiger partial charge is 0.497 e.